The molecule has 0 amide bonds. The van der Waals surface area contributed by atoms with Gasteiger partial charge in [-0.05, 0) is 56.7 Å². The van der Waals surface area contributed by atoms with E-state index in [0.717, 1.165) is 34.0 Å². The van der Waals surface area contributed by atoms with Crippen LogP contribution in [-0.4, -0.2) is 39.0 Å². The van der Waals surface area contributed by atoms with E-state index in [1.54, 1.807) is 20.4 Å². The molecule has 0 unspecified atom stereocenters. The fraction of sp³-hybridized carbons (Fsp3) is 0.250. The first-order chi connectivity index (χ1) is 15.5. The van der Waals surface area contributed by atoms with Crippen LogP contribution in [0.5, 0.6) is 11.5 Å². The molecule has 3 heterocycles. The first-order valence-corrected chi connectivity index (χ1v) is 10.3. The molecule has 8 heteroatoms. The number of anilines is 2. The summed E-state index contributed by atoms with van der Waals surface area (Å²) < 4.78 is 12.6. The highest BCUT2D eigenvalue weighted by Crippen LogP contribution is 2.29. The molecule has 3 aromatic heterocycles. The molecule has 0 saturated carbocycles. The third kappa shape index (κ3) is 4.39. The van der Waals surface area contributed by atoms with Crippen LogP contribution >= 0.6 is 0 Å². The normalized spacial score (nSPS) is 10.8. The van der Waals surface area contributed by atoms with Gasteiger partial charge in [0.15, 0.2) is 11.5 Å². The molecule has 4 aromatic rings. The van der Waals surface area contributed by atoms with E-state index >= 15 is 0 Å². The Labute approximate surface area is 187 Å². The van der Waals surface area contributed by atoms with Crippen LogP contribution in [0.15, 0.2) is 48.8 Å². The summed E-state index contributed by atoms with van der Waals surface area (Å²) in [6.45, 7) is 5.99. The summed E-state index contributed by atoms with van der Waals surface area (Å²) in [6.07, 6.45) is 4.13. The number of nitrogens with zero attached hydrogens (tertiary/aromatic N) is 5. The van der Waals surface area contributed by atoms with Crippen molar-refractivity contribution in [3.05, 3.63) is 77.1 Å². The van der Waals surface area contributed by atoms with Crippen molar-refractivity contribution in [1.29, 1.82) is 0 Å². The highest BCUT2D eigenvalue weighted by Gasteiger charge is 2.15. The quantitative estimate of drug-likeness (QED) is 0.467. The summed E-state index contributed by atoms with van der Waals surface area (Å²) in [5.74, 6) is 3.61. The molecule has 164 valence electrons. The first-order valence-electron chi connectivity index (χ1n) is 10.3. The number of benzene rings is 1. The Bertz CT molecular complexity index is 1230. The lowest BCUT2D eigenvalue weighted by Crippen LogP contribution is -2.06. The van der Waals surface area contributed by atoms with Crippen LogP contribution in [0.3, 0.4) is 0 Å². The van der Waals surface area contributed by atoms with Crippen LogP contribution in [0.4, 0.5) is 11.6 Å². The Balaban J connectivity index is 1.61. The lowest BCUT2D eigenvalue weighted by molar-refractivity contribution is 0.354. The maximum Gasteiger partial charge on any atom is 0.161 e. The number of hydrogen-bond acceptors (Lipinski definition) is 7. The molecule has 1 N–H and O–H groups in total. The zero-order valence-electron chi connectivity index (χ0n) is 18.9. The molecule has 4 rings (SSSR count). The van der Waals surface area contributed by atoms with Crippen LogP contribution < -0.4 is 14.8 Å². The number of ether oxygens (including phenoxy) is 2. The van der Waals surface area contributed by atoms with E-state index in [9.17, 15) is 0 Å². The largest absolute Gasteiger partial charge is 0.493 e. The second-order valence-corrected chi connectivity index (χ2v) is 7.48. The Hall–Kier alpha value is -3.94. The average Bonchev–Trinajstić information content (AvgIpc) is 3.08. The topological polar surface area (TPSA) is 87.0 Å². The third-order valence-corrected chi connectivity index (χ3v) is 5.26. The van der Waals surface area contributed by atoms with Gasteiger partial charge in [0.05, 0.1) is 31.8 Å². The molecule has 0 radical (unpaired) electrons. The minimum Gasteiger partial charge on any atom is -0.493 e. The van der Waals surface area contributed by atoms with E-state index in [1.807, 2.05) is 68.0 Å². The van der Waals surface area contributed by atoms with Gasteiger partial charge in [-0.2, -0.15) is 5.10 Å². The van der Waals surface area contributed by atoms with Gasteiger partial charge in [-0.15, -0.1) is 0 Å². The van der Waals surface area contributed by atoms with Crippen molar-refractivity contribution in [1.82, 2.24) is 24.7 Å². The molecule has 0 atom stereocenters. The third-order valence-electron chi connectivity index (χ3n) is 5.26. The van der Waals surface area contributed by atoms with E-state index in [-0.39, 0.29) is 0 Å². The van der Waals surface area contributed by atoms with Gasteiger partial charge >= 0.3 is 0 Å². The molecule has 1 aromatic carbocycles. The van der Waals surface area contributed by atoms with E-state index in [4.69, 9.17) is 14.5 Å². The number of aryl methyl sites for hydroxylation is 2. The van der Waals surface area contributed by atoms with Crippen LogP contribution in [0.2, 0.25) is 0 Å². The second kappa shape index (κ2) is 9.05. The minimum atomic E-state index is 0.565. The molecule has 0 fully saturated rings. The van der Waals surface area contributed by atoms with Gasteiger partial charge in [-0.1, -0.05) is 6.07 Å². The van der Waals surface area contributed by atoms with Gasteiger partial charge in [-0.25, -0.2) is 14.6 Å². The summed E-state index contributed by atoms with van der Waals surface area (Å²) in [5.41, 5.74) is 4.86. The molecule has 0 bridgehead atoms. The Morgan fingerprint density at radius 1 is 0.938 bits per heavy atom. The molecular formula is C24H26N6O2. The molecule has 0 aliphatic rings. The number of nitrogens with one attached hydrogen (secondary N) is 1. The Kier molecular flexibility index (Phi) is 6.02. The molecule has 0 aliphatic heterocycles. The zero-order chi connectivity index (χ0) is 22.7. The molecule has 32 heavy (non-hydrogen) atoms. The van der Waals surface area contributed by atoms with Gasteiger partial charge in [0, 0.05) is 23.9 Å². The number of pyridine rings is 1. The van der Waals surface area contributed by atoms with Crippen molar-refractivity contribution >= 4 is 11.6 Å². The molecule has 8 nitrogen and oxygen atoms in total. The van der Waals surface area contributed by atoms with Gasteiger partial charge in [0.25, 0.3) is 0 Å². The fourth-order valence-electron chi connectivity index (χ4n) is 3.37. The van der Waals surface area contributed by atoms with Crippen molar-refractivity contribution < 1.29 is 9.47 Å². The lowest BCUT2D eigenvalue weighted by Gasteiger charge is -2.12. The summed E-state index contributed by atoms with van der Waals surface area (Å²) >= 11 is 0. The smallest absolute Gasteiger partial charge is 0.161 e. The number of methoxy groups -OCH3 is 2. The van der Waals surface area contributed by atoms with E-state index in [0.29, 0.717) is 29.6 Å². The van der Waals surface area contributed by atoms with Crippen LogP contribution in [-0.2, 0) is 6.42 Å². The number of hydrogen-bond donors (Lipinski definition) is 1. The predicted octanol–water partition coefficient (Wildman–Crippen LogP) is 4.33. The number of rotatable bonds is 7. The van der Waals surface area contributed by atoms with Crippen molar-refractivity contribution in [3.8, 4) is 17.2 Å². The van der Waals surface area contributed by atoms with Crippen LogP contribution in [0.25, 0.3) is 5.69 Å². The Morgan fingerprint density at radius 3 is 2.47 bits per heavy atom. The van der Waals surface area contributed by atoms with Crippen LogP contribution in [0.1, 0.15) is 28.3 Å². The van der Waals surface area contributed by atoms with Gasteiger partial charge in [0.1, 0.15) is 17.5 Å². The van der Waals surface area contributed by atoms with E-state index in [2.05, 4.69) is 20.4 Å². The standard InChI is InChI=1S/C24H26N6O2/c1-15-6-8-19(14-26-15)30-24(16(2)17(3)29-30)28-22-10-11-25-23(27-22)13-18-7-9-20(31-4)21(12-18)32-5/h6-12,14H,13H2,1-5H3,(H,25,27,28). The molecule has 0 aliphatic carbocycles. The predicted molar refractivity (Wildman–Crippen MR) is 123 cm³/mol. The fourth-order valence-corrected chi connectivity index (χ4v) is 3.37. The van der Waals surface area contributed by atoms with E-state index < -0.39 is 0 Å². The summed E-state index contributed by atoms with van der Waals surface area (Å²) in [4.78, 5) is 13.5. The first kappa shape index (κ1) is 21.3. The van der Waals surface area contributed by atoms with Crippen molar-refractivity contribution in [2.24, 2.45) is 0 Å². The van der Waals surface area contributed by atoms with E-state index in [1.165, 1.54) is 0 Å². The summed E-state index contributed by atoms with van der Waals surface area (Å²) in [5, 5.41) is 8.10. The van der Waals surface area contributed by atoms with Crippen LogP contribution in [0, 0.1) is 20.8 Å². The molecule has 0 saturated heterocycles. The maximum atomic E-state index is 5.40. The lowest BCUT2D eigenvalue weighted by atomic mass is 10.1. The Morgan fingerprint density at radius 2 is 1.75 bits per heavy atom. The highest BCUT2D eigenvalue weighted by atomic mass is 16.5. The maximum absolute atomic E-state index is 5.40. The second-order valence-electron chi connectivity index (χ2n) is 7.48. The molecular weight excluding hydrogens is 404 g/mol. The van der Waals surface area contributed by atoms with Gasteiger partial charge < -0.3 is 14.8 Å². The van der Waals surface area contributed by atoms with Crippen molar-refractivity contribution in [2.75, 3.05) is 19.5 Å². The zero-order valence-corrected chi connectivity index (χ0v) is 18.9. The minimum absolute atomic E-state index is 0.565. The van der Waals surface area contributed by atoms with Gasteiger partial charge in [-0.3, -0.25) is 4.98 Å². The summed E-state index contributed by atoms with van der Waals surface area (Å²) in [6, 6.07) is 11.6. The highest BCUT2D eigenvalue weighted by molar-refractivity contribution is 5.60. The average molecular weight is 431 g/mol. The van der Waals surface area contributed by atoms with Crippen molar-refractivity contribution in [2.45, 2.75) is 27.2 Å². The number of aromatic nitrogens is 5. The van der Waals surface area contributed by atoms with Crippen molar-refractivity contribution in [3.63, 3.8) is 0 Å². The monoisotopic (exact) mass is 430 g/mol. The van der Waals surface area contributed by atoms with Gasteiger partial charge in [0.2, 0.25) is 0 Å². The summed E-state index contributed by atoms with van der Waals surface area (Å²) in [7, 11) is 3.25. The SMILES string of the molecule is COc1ccc(Cc2nccc(Nc3c(C)c(C)nn3-c3ccc(C)nc3)n2)cc1OC. The molecule has 0 spiro atoms.